The molecule has 2 saturated heterocycles. The Labute approximate surface area is 302 Å². The summed E-state index contributed by atoms with van der Waals surface area (Å²) in [6.45, 7) is 9.12. The highest BCUT2D eigenvalue weighted by Gasteiger charge is 2.35. The molecule has 0 radical (unpaired) electrons. The van der Waals surface area contributed by atoms with Crippen LogP contribution in [-0.2, 0) is 19.3 Å². The van der Waals surface area contributed by atoms with Gasteiger partial charge in [-0.25, -0.2) is 0 Å². The summed E-state index contributed by atoms with van der Waals surface area (Å²) in [5.41, 5.74) is 11.3. The van der Waals surface area contributed by atoms with Gasteiger partial charge in [0.1, 0.15) is 0 Å². The summed E-state index contributed by atoms with van der Waals surface area (Å²) in [5.74, 6) is 0. The van der Waals surface area contributed by atoms with Crippen LogP contribution in [-0.4, -0.2) is 46.1 Å². The average Bonchev–Trinajstić information content (AvgIpc) is 3.75. The first-order valence-corrected chi connectivity index (χ1v) is 18.3. The molecule has 2 unspecified atom stereocenters. The number of hydrogen-bond acceptors (Lipinski definition) is 6. The Morgan fingerprint density at radius 1 is 0.510 bits per heavy atom. The summed E-state index contributed by atoms with van der Waals surface area (Å²) in [6, 6.07) is 42.8. The third kappa shape index (κ3) is 7.70. The van der Waals surface area contributed by atoms with Crippen LogP contribution in [0.3, 0.4) is 0 Å². The van der Waals surface area contributed by atoms with E-state index < -0.39 is 0 Å². The fraction of sp³-hybridized carbons (Fsp3) is 0.289. The molecule has 2 aromatic carbocycles. The van der Waals surface area contributed by atoms with Crippen molar-refractivity contribution in [2.24, 2.45) is 10.8 Å². The minimum Gasteiger partial charge on any atom is -0.371 e. The fourth-order valence-corrected chi connectivity index (χ4v) is 8.12. The Kier molecular flexibility index (Phi) is 9.08. The second kappa shape index (κ2) is 14.1. The van der Waals surface area contributed by atoms with Crippen molar-refractivity contribution in [3.05, 3.63) is 156 Å². The van der Waals surface area contributed by atoms with Crippen LogP contribution in [0.2, 0.25) is 0 Å². The maximum atomic E-state index is 5.06. The maximum Gasteiger partial charge on any atom is 0.0889 e. The third-order valence-electron chi connectivity index (χ3n) is 10.8. The molecule has 6 heterocycles. The molecule has 0 saturated carbocycles. The van der Waals surface area contributed by atoms with Crippen molar-refractivity contribution in [1.82, 2.24) is 19.9 Å². The number of aromatic nitrogens is 4. The summed E-state index contributed by atoms with van der Waals surface area (Å²) in [4.78, 5) is 24.6. The Hall–Kier alpha value is -5.36. The van der Waals surface area contributed by atoms with E-state index in [4.69, 9.17) is 19.9 Å². The van der Waals surface area contributed by atoms with Crippen molar-refractivity contribution in [1.29, 1.82) is 0 Å². The number of rotatable bonds is 10. The van der Waals surface area contributed by atoms with Crippen LogP contribution in [0.25, 0.3) is 22.8 Å². The fourth-order valence-electron chi connectivity index (χ4n) is 8.12. The molecule has 51 heavy (non-hydrogen) atoms. The Morgan fingerprint density at radius 3 is 1.41 bits per heavy atom. The Morgan fingerprint density at radius 2 is 0.961 bits per heavy atom. The summed E-state index contributed by atoms with van der Waals surface area (Å²) in [7, 11) is 0. The van der Waals surface area contributed by atoms with Crippen LogP contribution < -0.4 is 9.80 Å². The van der Waals surface area contributed by atoms with Gasteiger partial charge in [0.05, 0.1) is 22.8 Å². The van der Waals surface area contributed by atoms with Gasteiger partial charge < -0.3 is 9.80 Å². The highest BCUT2D eigenvalue weighted by atomic mass is 15.2. The molecule has 0 spiro atoms. The second-order valence-corrected chi connectivity index (χ2v) is 15.3. The molecular weight excluding hydrogens is 625 g/mol. The zero-order valence-electron chi connectivity index (χ0n) is 29.7. The van der Waals surface area contributed by atoms with Gasteiger partial charge in [0.25, 0.3) is 0 Å². The molecule has 0 bridgehead atoms. The SMILES string of the molecule is CC1(Cc2ccnc(-c3cccc(Cc4cccc(-c5cc(CC6(C)CCN(c7ccccc7)C6)ccn5)n4)n3)c2)CCN(c2ccccc2)C1. The molecule has 2 fully saturated rings. The van der Waals surface area contributed by atoms with E-state index in [1.807, 2.05) is 12.4 Å². The van der Waals surface area contributed by atoms with E-state index in [0.29, 0.717) is 6.42 Å². The molecule has 0 N–H and O–H groups in total. The molecular formula is C45H46N6. The van der Waals surface area contributed by atoms with Gasteiger partial charge in [0, 0.05) is 67.8 Å². The number of pyridine rings is 4. The monoisotopic (exact) mass is 670 g/mol. The molecule has 256 valence electrons. The predicted molar refractivity (Wildman–Crippen MR) is 208 cm³/mol. The maximum absolute atomic E-state index is 5.06. The van der Waals surface area contributed by atoms with E-state index in [0.717, 1.165) is 73.2 Å². The van der Waals surface area contributed by atoms with E-state index in [-0.39, 0.29) is 10.8 Å². The first-order valence-electron chi connectivity index (χ1n) is 18.3. The van der Waals surface area contributed by atoms with Gasteiger partial charge in [-0.3, -0.25) is 19.9 Å². The van der Waals surface area contributed by atoms with Gasteiger partial charge >= 0.3 is 0 Å². The van der Waals surface area contributed by atoms with Crippen LogP contribution in [0.15, 0.2) is 134 Å². The Bertz CT molecular complexity index is 1950. The summed E-state index contributed by atoms with van der Waals surface area (Å²) < 4.78 is 0. The van der Waals surface area contributed by atoms with Crippen molar-refractivity contribution in [2.45, 2.75) is 46.0 Å². The third-order valence-corrected chi connectivity index (χ3v) is 10.8. The number of benzene rings is 2. The average molecular weight is 671 g/mol. The number of para-hydroxylation sites is 2. The molecule has 4 aromatic heterocycles. The highest BCUT2D eigenvalue weighted by molar-refractivity contribution is 5.57. The predicted octanol–water partition coefficient (Wildman–Crippen LogP) is 9.11. The van der Waals surface area contributed by atoms with Gasteiger partial charge in [0.2, 0.25) is 0 Å². The normalized spacial score (nSPS) is 20.2. The molecule has 0 amide bonds. The largest absolute Gasteiger partial charge is 0.371 e. The second-order valence-electron chi connectivity index (χ2n) is 15.3. The van der Waals surface area contributed by atoms with E-state index in [1.54, 1.807) is 0 Å². The van der Waals surface area contributed by atoms with Crippen molar-refractivity contribution in [3.8, 4) is 22.8 Å². The lowest BCUT2D eigenvalue weighted by molar-refractivity contribution is 0.367. The summed E-state index contributed by atoms with van der Waals surface area (Å²) >= 11 is 0. The minimum atomic E-state index is 0.215. The van der Waals surface area contributed by atoms with Crippen LogP contribution in [0, 0.1) is 10.8 Å². The minimum absolute atomic E-state index is 0.215. The van der Waals surface area contributed by atoms with Gasteiger partial charge in [-0.05, 0) is 120 Å². The standard InChI is InChI=1S/C45H46N6/c1-44(21-25-50(32-44)38-13-5-3-6-14-38)30-34-19-23-46-42(27-34)40-17-9-11-36(48-40)29-37-12-10-18-41(49-37)43-28-35(20-24-47-43)31-45(2)22-26-51(33-45)39-15-7-4-8-16-39/h3-20,23-24,27-28H,21-22,25-26,29-33H2,1-2H3. The van der Waals surface area contributed by atoms with Gasteiger partial charge in [-0.1, -0.05) is 62.4 Å². The van der Waals surface area contributed by atoms with Crippen molar-refractivity contribution in [3.63, 3.8) is 0 Å². The molecule has 6 heteroatoms. The quantitative estimate of drug-likeness (QED) is 0.145. The van der Waals surface area contributed by atoms with Crippen molar-refractivity contribution in [2.75, 3.05) is 36.0 Å². The topological polar surface area (TPSA) is 58.0 Å². The van der Waals surface area contributed by atoms with Crippen LogP contribution in [0.4, 0.5) is 11.4 Å². The molecule has 8 rings (SSSR count). The van der Waals surface area contributed by atoms with Crippen molar-refractivity contribution >= 4 is 11.4 Å². The molecule has 2 aliphatic rings. The van der Waals surface area contributed by atoms with E-state index in [9.17, 15) is 0 Å². The lowest BCUT2D eigenvalue weighted by Crippen LogP contribution is -2.26. The highest BCUT2D eigenvalue weighted by Crippen LogP contribution is 2.38. The lowest BCUT2D eigenvalue weighted by Gasteiger charge is -2.26. The molecule has 0 aliphatic carbocycles. The van der Waals surface area contributed by atoms with E-state index in [1.165, 1.54) is 35.3 Å². The zero-order chi connectivity index (χ0) is 34.7. The smallest absolute Gasteiger partial charge is 0.0889 e. The van der Waals surface area contributed by atoms with Crippen LogP contribution >= 0.6 is 0 Å². The number of anilines is 2. The van der Waals surface area contributed by atoms with Gasteiger partial charge in [-0.15, -0.1) is 0 Å². The van der Waals surface area contributed by atoms with Gasteiger partial charge in [-0.2, -0.15) is 0 Å². The van der Waals surface area contributed by atoms with Gasteiger partial charge in [0.15, 0.2) is 0 Å². The molecule has 2 atom stereocenters. The zero-order valence-corrected chi connectivity index (χ0v) is 29.7. The number of hydrogen-bond donors (Lipinski definition) is 0. The lowest BCUT2D eigenvalue weighted by atomic mass is 9.83. The first-order chi connectivity index (χ1) is 24.9. The van der Waals surface area contributed by atoms with Crippen LogP contribution in [0.1, 0.15) is 49.2 Å². The van der Waals surface area contributed by atoms with E-state index >= 15 is 0 Å². The summed E-state index contributed by atoms with van der Waals surface area (Å²) in [6.07, 6.45) is 8.89. The first kappa shape index (κ1) is 32.8. The molecule has 2 aliphatic heterocycles. The van der Waals surface area contributed by atoms with Crippen molar-refractivity contribution < 1.29 is 0 Å². The van der Waals surface area contributed by atoms with Crippen LogP contribution in [0.5, 0.6) is 0 Å². The molecule has 6 aromatic rings. The molecule has 6 nitrogen and oxygen atoms in total. The number of nitrogens with zero attached hydrogens (tertiary/aromatic N) is 6. The summed E-state index contributed by atoms with van der Waals surface area (Å²) in [5, 5.41) is 0. The van der Waals surface area contributed by atoms with E-state index in [2.05, 4.69) is 145 Å². The Balaban J connectivity index is 0.934.